The first-order chi connectivity index (χ1) is 16.5. The smallest absolute Gasteiger partial charge is 0.269 e. The number of nitrogens with zero attached hydrogens (tertiary/aromatic N) is 1. The molecule has 0 radical (unpaired) electrons. The minimum atomic E-state index is -0.249. The number of hydrogen-bond acceptors (Lipinski definition) is 3. The first-order valence-electron chi connectivity index (χ1n) is 10.8. The van der Waals surface area contributed by atoms with E-state index in [2.05, 4.69) is 10.3 Å². The van der Waals surface area contributed by atoms with Gasteiger partial charge in [-0.1, -0.05) is 59.6 Å². The van der Waals surface area contributed by atoms with Crippen molar-refractivity contribution in [1.29, 1.82) is 0 Å². The number of amides is 1. The molecule has 0 aliphatic heterocycles. The van der Waals surface area contributed by atoms with Crippen LogP contribution in [0.4, 0.5) is 0 Å². The number of H-pyrrole nitrogens is 1. The predicted molar refractivity (Wildman–Crippen MR) is 138 cm³/mol. The van der Waals surface area contributed by atoms with Gasteiger partial charge >= 0.3 is 0 Å². The number of rotatable bonds is 6. The Morgan fingerprint density at radius 3 is 2.68 bits per heavy atom. The van der Waals surface area contributed by atoms with Crippen molar-refractivity contribution in [2.75, 3.05) is 13.7 Å². The quantitative estimate of drug-likeness (QED) is 0.279. The van der Waals surface area contributed by atoms with Gasteiger partial charge < -0.3 is 15.0 Å². The maximum absolute atomic E-state index is 13.1. The molecule has 2 aromatic heterocycles. The van der Waals surface area contributed by atoms with E-state index in [-0.39, 0.29) is 5.91 Å². The summed E-state index contributed by atoms with van der Waals surface area (Å²) in [4.78, 5) is 21.3. The fraction of sp³-hybridized carbons (Fsp3) is 0.111. The van der Waals surface area contributed by atoms with E-state index < -0.39 is 0 Å². The van der Waals surface area contributed by atoms with E-state index in [4.69, 9.17) is 32.9 Å². The minimum Gasteiger partial charge on any atom is -0.497 e. The molecule has 0 aliphatic carbocycles. The van der Waals surface area contributed by atoms with Crippen LogP contribution in [0.2, 0.25) is 10.0 Å². The second kappa shape index (κ2) is 9.37. The monoisotopic (exact) mass is 489 g/mol. The second-order valence-corrected chi connectivity index (χ2v) is 8.77. The van der Waals surface area contributed by atoms with Gasteiger partial charge in [0, 0.05) is 38.4 Å². The van der Waals surface area contributed by atoms with Crippen molar-refractivity contribution in [2.24, 2.45) is 0 Å². The van der Waals surface area contributed by atoms with Gasteiger partial charge in [0.05, 0.1) is 18.3 Å². The van der Waals surface area contributed by atoms with Crippen molar-refractivity contribution < 1.29 is 9.53 Å². The van der Waals surface area contributed by atoms with E-state index >= 15 is 0 Å². The van der Waals surface area contributed by atoms with E-state index in [0.717, 1.165) is 38.7 Å². The van der Waals surface area contributed by atoms with Crippen molar-refractivity contribution in [3.05, 3.63) is 94.1 Å². The van der Waals surface area contributed by atoms with Crippen molar-refractivity contribution in [3.63, 3.8) is 0 Å². The zero-order chi connectivity index (χ0) is 23.7. The largest absolute Gasteiger partial charge is 0.497 e. The average molecular weight is 490 g/mol. The number of para-hydroxylation sites is 1. The number of methoxy groups -OCH3 is 1. The van der Waals surface area contributed by atoms with Crippen LogP contribution in [0.3, 0.4) is 0 Å². The summed E-state index contributed by atoms with van der Waals surface area (Å²) in [6.07, 6.45) is 0.583. The Bertz CT molecular complexity index is 1530. The Balaban J connectivity index is 1.51. The van der Waals surface area contributed by atoms with Gasteiger partial charge in [0.15, 0.2) is 0 Å². The zero-order valence-corrected chi connectivity index (χ0v) is 19.9. The average Bonchev–Trinajstić information content (AvgIpc) is 3.23. The number of ether oxygens (including phenoxy) is 1. The van der Waals surface area contributed by atoms with Crippen molar-refractivity contribution in [1.82, 2.24) is 15.3 Å². The Kier molecular flexibility index (Phi) is 6.14. The molecule has 2 N–H and O–H groups in total. The molecule has 2 heterocycles. The SMILES string of the molecule is COc1cccc(-c2nc(C(=O)NCCc3ccc(Cl)cc3Cl)cc3c2[nH]c2ccccc23)c1. The van der Waals surface area contributed by atoms with Crippen LogP contribution in [-0.2, 0) is 6.42 Å². The van der Waals surface area contributed by atoms with Crippen LogP contribution in [0.15, 0.2) is 72.8 Å². The maximum atomic E-state index is 13.1. The lowest BCUT2D eigenvalue weighted by molar-refractivity contribution is 0.0949. The van der Waals surface area contributed by atoms with Gasteiger partial charge in [0.1, 0.15) is 11.4 Å². The normalized spacial score (nSPS) is 11.1. The Morgan fingerprint density at radius 1 is 1.00 bits per heavy atom. The molecule has 7 heteroatoms. The lowest BCUT2D eigenvalue weighted by Gasteiger charge is -2.10. The summed E-state index contributed by atoms with van der Waals surface area (Å²) in [5, 5.41) is 6.11. The van der Waals surface area contributed by atoms with Gasteiger partial charge in [-0.05, 0) is 48.4 Å². The molecule has 170 valence electrons. The molecule has 1 amide bonds. The topological polar surface area (TPSA) is 67.0 Å². The fourth-order valence-electron chi connectivity index (χ4n) is 4.07. The first-order valence-corrected chi connectivity index (χ1v) is 11.6. The van der Waals surface area contributed by atoms with Gasteiger partial charge in [0.25, 0.3) is 5.91 Å². The molecule has 5 nitrogen and oxygen atoms in total. The van der Waals surface area contributed by atoms with Crippen LogP contribution >= 0.6 is 23.2 Å². The van der Waals surface area contributed by atoms with Gasteiger partial charge in [-0.3, -0.25) is 4.79 Å². The predicted octanol–water partition coefficient (Wildman–Crippen LogP) is 6.67. The molecule has 5 rings (SSSR count). The maximum Gasteiger partial charge on any atom is 0.269 e. The number of fused-ring (bicyclic) bond motifs is 3. The van der Waals surface area contributed by atoms with Crippen LogP contribution in [-0.4, -0.2) is 29.5 Å². The molecule has 0 saturated heterocycles. The highest BCUT2D eigenvalue weighted by Gasteiger charge is 2.17. The zero-order valence-electron chi connectivity index (χ0n) is 18.4. The third kappa shape index (κ3) is 4.32. The number of aromatic nitrogens is 2. The number of carbonyl (C=O) groups excluding carboxylic acids is 1. The van der Waals surface area contributed by atoms with Crippen molar-refractivity contribution in [3.8, 4) is 17.0 Å². The summed E-state index contributed by atoms with van der Waals surface area (Å²) in [7, 11) is 1.63. The summed E-state index contributed by atoms with van der Waals surface area (Å²) in [6, 6.07) is 22.9. The molecular formula is C27H21Cl2N3O2. The summed E-state index contributed by atoms with van der Waals surface area (Å²) in [5.74, 6) is 0.472. The molecule has 0 bridgehead atoms. The van der Waals surface area contributed by atoms with Gasteiger partial charge in [-0.2, -0.15) is 0 Å². The molecule has 0 spiro atoms. The van der Waals surface area contributed by atoms with Crippen LogP contribution in [0.1, 0.15) is 16.1 Å². The third-order valence-corrected chi connectivity index (χ3v) is 6.35. The second-order valence-electron chi connectivity index (χ2n) is 7.92. The molecule has 34 heavy (non-hydrogen) atoms. The van der Waals surface area contributed by atoms with E-state index in [1.54, 1.807) is 19.2 Å². The molecular weight excluding hydrogens is 469 g/mol. The van der Waals surface area contributed by atoms with E-state index in [1.807, 2.05) is 60.7 Å². The summed E-state index contributed by atoms with van der Waals surface area (Å²) >= 11 is 12.2. The Labute approximate surface area is 206 Å². The fourth-order valence-corrected chi connectivity index (χ4v) is 4.57. The molecule has 5 aromatic rings. The Morgan fingerprint density at radius 2 is 1.85 bits per heavy atom. The third-order valence-electron chi connectivity index (χ3n) is 5.77. The van der Waals surface area contributed by atoms with Crippen molar-refractivity contribution in [2.45, 2.75) is 6.42 Å². The van der Waals surface area contributed by atoms with Crippen LogP contribution in [0.25, 0.3) is 33.1 Å². The van der Waals surface area contributed by atoms with E-state index in [1.165, 1.54) is 0 Å². The lowest BCUT2D eigenvalue weighted by Crippen LogP contribution is -2.26. The van der Waals surface area contributed by atoms with E-state index in [0.29, 0.717) is 34.4 Å². The van der Waals surface area contributed by atoms with Crippen LogP contribution in [0.5, 0.6) is 5.75 Å². The molecule has 0 saturated carbocycles. The number of carbonyl (C=O) groups is 1. The highest BCUT2D eigenvalue weighted by Crippen LogP contribution is 2.33. The highest BCUT2D eigenvalue weighted by atomic mass is 35.5. The number of benzene rings is 3. The van der Waals surface area contributed by atoms with Crippen LogP contribution in [0, 0.1) is 0 Å². The van der Waals surface area contributed by atoms with E-state index in [9.17, 15) is 4.79 Å². The molecule has 0 fully saturated rings. The number of nitrogens with one attached hydrogen (secondary N) is 2. The number of aromatic amines is 1. The Hall–Kier alpha value is -3.54. The van der Waals surface area contributed by atoms with Crippen LogP contribution < -0.4 is 10.1 Å². The number of pyridine rings is 1. The first kappa shape index (κ1) is 22.3. The highest BCUT2D eigenvalue weighted by molar-refractivity contribution is 6.35. The van der Waals surface area contributed by atoms with Gasteiger partial charge in [-0.15, -0.1) is 0 Å². The summed E-state index contributed by atoms with van der Waals surface area (Å²) < 4.78 is 5.40. The molecule has 0 aliphatic rings. The molecule has 0 atom stereocenters. The molecule has 3 aromatic carbocycles. The lowest BCUT2D eigenvalue weighted by atomic mass is 10.1. The number of hydrogen-bond donors (Lipinski definition) is 2. The molecule has 0 unspecified atom stereocenters. The van der Waals surface area contributed by atoms with Gasteiger partial charge in [0.2, 0.25) is 0 Å². The van der Waals surface area contributed by atoms with Gasteiger partial charge in [-0.25, -0.2) is 4.98 Å². The standard InChI is InChI=1S/C27H21Cl2N3O2/c1-34-19-6-4-5-17(13-19)25-26-21(20-7-2-3-8-23(20)31-26)15-24(32-25)27(33)30-12-11-16-9-10-18(28)14-22(16)29/h2-10,13-15,31H,11-12H2,1H3,(H,30,33). The summed E-state index contributed by atoms with van der Waals surface area (Å²) in [5.41, 5.74) is 4.68. The number of halogens is 2. The summed E-state index contributed by atoms with van der Waals surface area (Å²) in [6.45, 7) is 0.419. The minimum absolute atomic E-state index is 0.249. The van der Waals surface area contributed by atoms with Crippen molar-refractivity contribution >= 4 is 50.9 Å².